The van der Waals surface area contributed by atoms with Crippen LogP contribution in [-0.2, 0) is 20.1 Å². The van der Waals surface area contributed by atoms with Crippen molar-refractivity contribution in [3.8, 4) is 0 Å². The molecule has 0 bridgehead atoms. The lowest BCUT2D eigenvalue weighted by atomic mass is 9.38. The summed E-state index contributed by atoms with van der Waals surface area (Å²) in [4.78, 5) is 25.5. The Morgan fingerprint density at radius 3 is 2.47 bits per heavy atom. The molecular weight excluding hydrogens is 408 g/mol. The zero-order valence-corrected chi connectivity index (χ0v) is 19.3. The molecule has 0 spiro atoms. The first-order valence-corrected chi connectivity index (χ1v) is 11.4. The minimum absolute atomic E-state index is 0.00815. The number of fused-ring (bicyclic) bond motifs is 5. The Bertz CT molecular complexity index is 1050. The SMILES string of the molecule is CC1(C)C(=O)C=C[C@]2(C)[C@H]3CC[C@]4(C)C(=CC(=O)O[C@]4(O)c4ccoc4)[C@]3(C)[C@H](O)C[C@@H]12. The lowest BCUT2D eigenvalue weighted by Gasteiger charge is -2.67. The molecule has 6 heteroatoms. The van der Waals surface area contributed by atoms with Crippen molar-refractivity contribution in [2.45, 2.75) is 65.8 Å². The number of hydrogen-bond donors (Lipinski definition) is 2. The van der Waals surface area contributed by atoms with Crippen LogP contribution < -0.4 is 0 Å². The molecule has 172 valence electrons. The third kappa shape index (κ3) is 2.32. The highest BCUT2D eigenvalue weighted by molar-refractivity contribution is 5.95. The number of aliphatic hydroxyl groups excluding tert-OH is 1. The van der Waals surface area contributed by atoms with Gasteiger partial charge in [0.15, 0.2) is 5.78 Å². The van der Waals surface area contributed by atoms with E-state index in [4.69, 9.17) is 9.15 Å². The molecule has 0 aromatic carbocycles. The van der Waals surface area contributed by atoms with Gasteiger partial charge in [0.25, 0.3) is 5.79 Å². The van der Waals surface area contributed by atoms with Crippen LogP contribution in [0.15, 0.2) is 46.8 Å². The summed E-state index contributed by atoms with van der Waals surface area (Å²) in [5, 5.41) is 23.4. The van der Waals surface area contributed by atoms with Crippen LogP contribution in [0.3, 0.4) is 0 Å². The molecular formula is C26H32O6. The van der Waals surface area contributed by atoms with Gasteiger partial charge in [0.05, 0.1) is 23.3 Å². The standard InChI is InChI=1S/C26H32O6/c1-22(2)17-12-20(28)25(5)16(23(17,3)9-7-19(22)27)6-10-24(4)18(25)13-21(29)32-26(24,30)15-8-11-31-14-15/h7-9,11,13-14,16-17,20,28,30H,6,10,12H2,1-5H3/t16-,17+,20-,23-,24-,25-,26-/m1/s1. The molecule has 6 nitrogen and oxygen atoms in total. The van der Waals surface area contributed by atoms with E-state index in [0.717, 1.165) is 5.57 Å². The second-order valence-electron chi connectivity index (χ2n) is 11.4. The summed E-state index contributed by atoms with van der Waals surface area (Å²) in [7, 11) is 0. The smallest absolute Gasteiger partial charge is 0.333 e. The predicted molar refractivity (Wildman–Crippen MR) is 116 cm³/mol. The van der Waals surface area contributed by atoms with Gasteiger partial charge in [0.1, 0.15) is 6.26 Å². The van der Waals surface area contributed by atoms with Crippen molar-refractivity contribution < 1.29 is 29.0 Å². The van der Waals surface area contributed by atoms with Gasteiger partial charge in [-0.25, -0.2) is 4.79 Å². The molecule has 2 fully saturated rings. The Morgan fingerprint density at radius 2 is 1.81 bits per heavy atom. The van der Waals surface area contributed by atoms with E-state index in [0.29, 0.717) is 24.8 Å². The summed E-state index contributed by atoms with van der Waals surface area (Å²) in [6, 6.07) is 1.61. The third-order valence-corrected chi connectivity index (χ3v) is 9.76. The van der Waals surface area contributed by atoms with Crippen LogP contribution in [0.1, 0.15) is 59.4 Å². The first-order valence-electron chi connectivity index (χ1n) is 11.4. The number of rotatable bonds is 1. The van der Waals surface area contributed by atoms with Crippen molar-refractivity contribution in [1.29, 1.82) is 0 Å². The van der Waals surface area contributed by atoms with Gasteiger partial charge in [0.2, 0.25) is 0 Å². The van der Waals surface area contributed by atoms with Crippen LogP contribution in [0.4, 0.5) is 0 Å². The quantitative estimate of drug-likeness (QED) is 0.643. The van der Waals surface area contributed by atoms with Crippen LogP contribution in [0.25, 0.3) is 0 Å². The molecule has 1 aromatic heterocycles. The number of cyclic esters (lactones) is 1. The number of furan rings is 1. The summed E-state index contributed by atoms with van der Waals surface area (Å²) < 4.78 is 10.8. The Morgan fingerprint density at radius 1 is 1.09 bits per heavy atom. The Balaban J connectivity index is 1.69. The summed E-state index contributed by atoms with van der Waals surface area (Å²) in [6.45, 7) is 10.0. The molecule has 7 atom stereocenters. The molecule has 3 aliphatic carbocycles. The first-order chi connectivity index (χ1) is 14.8. The lowest BCUT2D eigenvalue weighted by Crippen LogP contribution is -2.66. The maximum atomic E-state index is 12.8. The van der Waals surface area contributed by atoms with E-state index in [9.17, 15) is 19.8 Å². The van der Waals surface area contributed by atoms with Gasteiger partial charge >= 0.3 is 5.97 Å². The van der Waals surface area contributed by atoms with Gasteiger partial charge in [-0.3, -0.25) is 4.79 Å². The highest BCUT2D eigenvalue weighted by atomic mass is 16.7. The van der Waals surface area contributed by atoms with Gasteiger partial charge in [0, 0.05) is 16.9 Å². The molecule has 4 aliphatic rings. The van der Waals surface area contributed by atoms with Crippen LogP contribution >= 0.6 is 0 Å². The van der Waals surface area contributed by atoms with Crippen LogP contribution in [-0.4, -0.2) is 28.1 Å². The van der Waals surface area contributed by atoms with Crippen LogP contribution in [0.2, 0.25) is 0 Å². The Hall–Kier alpha value is -2.18. The van der Waals surface area contributed by atoms with E-state index in [2.05, 4.69) is 6.92 Å². The van der Waals surface area contributed by atoms with Crippen molar-refractivity contribution in [2.24, 2.45) is 33.5 Å². The van der Waals surface area contributed by atoms with Crippen molar-refractivity contribution in [1.82, 2.24) is 0 Å². The van der Waals surface area contributed by atoms with Crippen LogP contribution in [0.5, 0.6) is 0 Å². The van der Waals surface area contributed by atoms with Crippen molar-refractivity contribution in [3.63, 3.8) is 0 Å². The monoisotopic (exact) mass is 440 g/mol. The van der Waals surface area contributed by atoms with E-state index < -0.39 is 34.1 Å². The molecule has 1 aliphatic heterocycles. The molecule has 2 N–H and O–H groups in total. The number of ketones is 1. The lowest BCUT2D eigenvalue weighted by molar-refractivity contribution is -0.279. The number of carbonyl (C=O) groups excluding carboxylic acids is 2. The minimum atomic E-state index is -1.88. The molecule has 2 saturated carbocycles. The van der Waals surface area contributed by atoms with E-state index in [-0.39, 0.29) is 23.0 Å². The second-order valence-corrected chi connectivity index (χ2v) is 11.4. The Labute approximate surface area is 188 Å². The summed E-state index contributed by atoms with van der Waals surface area (Å²) >= 11 is 0. The number of hydrogen-bond acceptors (Lipinski definition) is 6. The van der Waals surface area contributed by atoms with E-state index in [1.165, 1.54) is 18.6 Å². The average molecular weight is 441 g/mol. The number of carbonyl (C=O) groups is 2. The van der Waals surface area contributed by atoms with Gasteiger partial charge < -0.3 is 19.4 Å². The van der Waals surface area contributed by atoms with Crippen molar-refractivity contribution in [3.05, 3.63) is 48.0 Å². The highest BCUT2D eigenvalue weighted by Gasteiger charge is 2.70. The maximum Gasteiger partial charge on any atom is 0.333 e. The normalized spacial score (nSPS) is 47.1. The number of allylic oxidation sites excluding steroid dienone is 2. The first kappa shape index (κ1) is 21.7. The van der Waals surface area contributed by atoms with Crippen LogP contribution in [0, 0.1) is 33.5 Å². The summed E-state index contributed by atoms with van der Waals surface area (Å²) in [5.74, 6) is -2.45. The van der Waals surface area contributed by atoms with Crippen molar-refractivity contribution >= 4 is 11.8 Å². The molecule has 5 rings (SSSR count). The molecule has 0 amide bonds. The van der Waals surface area contributed by atoms with Crippen molar-refractivity contribution in [2.75, 3.05) is 0 Å². The molecule has 0 radical (unpaired) electrons. The molecule has 1 aromatic rings. The third-order valence-electron chi connectivity index (χ3n) is 9.76. The fraction of sp³-hybridized carbons (Fsp3) is 0.615. The zero-order chi connectivity index (χ0) is 23.3. The Kier molecular flexibility index (Phi) is 4.22. The average Bonchev–Trinajstić information content (AvgIpc) is 3.25. The van der Waals surface area contributed by atoms with Gasteiger partial charge in [-0.1, -0.05) is 33.8 Å². The molecule has 0 saturated heterocycles. The van der Waals surface area contributed by atoms with E-state index in [1.54, 1.807) is 12.1 Å². The maximum absolute atomic E-state index is 12.8. The number of aliphatic hydroxyl groups is 2. The van der Waals surface area contributed by atoms with E-state index >= 15 is 0 Å². The van der Waals surface area contributed by atoms with Gasteiger partial charge in [-0.05, 0) is 61.2 Å². The largest absolute Gasteiger partial charge is 0.472 e. The fourth-order valence-electron chi connectivity index (χ4n) is 7.84. The molecule has 32 heavy (non-hydrogen) atoms. The number of esters is 1. The van der Waals surface area contributed by atoms with E-state index in [1.807, 2.05) is 33.8 Å². The summed E-state index contributed by atoms with van der Waals surface area (Å²) in [6.07, 6.45) is 9.02. The number of ether oxygens (including phenoxy) is 1. The van der Waals surface area contributed by atoms with Gasteiger partial charge in [-0.2, -0.15) is 0 Å². The van der Waals surface area contributed by atoms with Gasteiger partial charge in [-0.15, -0.1) is 0 Å². The minimum Gasteiger partial charge on any atom is -0.472 e. The zero-order valence-electron chi connectivity index (χ0n) is 19.3. The highest BCUT2D eigenvalue weighted by Crippen LogP contribution is 2.71. The summed E-state index contributed by atoms with van der Waals surface area (Å²) in [5.41, 5.74) is -1.50. The fourth-order valence-corrected chi connectivity index (χ4v) is 7.84. The predicted octanol–water partition coefficient (Wildman–Crippen LogP) is 3.88. The topological polar surface area (TPSA) is 97.0 Å². The molecule has 0 unspecified atom stereocenters. The second kappa shape index (κ2) is 6.23. The molecule has 2 heterocycles.